The van der Waals surface area contributed by atoms with Gasteiger partial charge >= 0.3 is 6.09 Å². The van der Waals surface area contributed by atoms with Crippen LogP contribution in [0.3, 0.4) is 0 Å². The molecule has 2 amide bonds. The normalized spacial score (nSPS) is 17.9. The summed E-state index contributed by atoms with van der Waals surface area (Å²) in [7, 11) is 0. The Bertz CT molecular complexity index is 646. The fraction of sp³-hybridized carbons (Fsp3) is 0.636. The minimum absolute atomic E-state index is 0.0485. The number of nitrogens with zero attached hydrogens (tertiary/aromatic N) is 1. The summed E-state index contributed by atoms with van der Waals surface area (Å²) < 4.78 is 5.30. The quantitative estimate of drug-likeness (QED) is 0.806. The molecule has 2 rings (SSSR count). The van der Waals surface area contributed by atoms with E-state index in [0.29, 0.717) is 13.1 Å². The molecule has 0 aliphatic carbocycles. The van der Waals surface area contributed by atoms with E-state index in [4.69, 9.17) is 4.74 Å². The number of likely N-dealkylation sites (tertiary alicyclic amines) is 1. The second kappa shape index (κ2) is 9.41. The van der Waals surface area contributed by atoms with Crippen molar-refractivity contribution in [2.24, 2.45) is 11.8 Å². The standard InChI is InChI=1S/C22H34N2O4/c1-15(2)18(23-21(27)28-22(3,4)5)20(26)24-13-11-17(12-14-24)19(25)16-9-7-6-8-10-16/h6-10,15,17-19,25H,11-14H2,1-5H3,(H,23,27). The SMILES string of the molecule is CC(C)C(NC(=O)OC(C)(C)C)C(=O)N1CCC(C(O)c2ccccc2)CC1. The van der Waals surface area contributed by atoms with Crippen LogP contribution >= 0.6 is 0 Å². The molecule has 28 heavy (non-hydrogen) atoms. The molecule has 0 saturated carbocycles. The molecule has 1 aliphatic heterocycles. The van der Waals surface area contributed by atoms with E-state index in [1.807, 2.05) is 44.2 Å². The van der Waals surface area contributed by atoms with Crippen LogP contribution in [0, 0.1) is 11.8 Å². The van der Waals surface area contributed by atoms with E-state index in [9.17, 15) is 14.7 Å². The number of rotatable bonds is 5. The lowest BCUT2D eigenvalue weighted by Gasteiger charge is -2.37. The van der Waals surface area contributed by atoms with Gasteiger partial charge in [0.1, 0.15) is 11.6 Å². The zero-order valence-corrected chi connectivity index (χ0v) is 17.6. The number of hydrogen-bond acceptors (Lipinski definition) is 4. The molecule has 1 aromatic rings. The van der Waals surface area contributed by atoms with Crippen molar-refractivity contribution in [3.05, 3.63) is 35.9 Å². The number of alkyl carbamates (subject to hydrolysis) is 1. The average molecular weight is 391 g/mol. The topological polar surface area (TPSA) is 78.9 Å². The van der Waals surface area contributed by atoms with Gasteiger partial charge in [0.05, 0.1) is 6.10 Å². The Labute approximate surface area is 168 Å². The number of aliphatic hydroxyl groups is 1. The van der Waals surface area contributed by atoms with Crippen LogP contribution in [-0.4, -0.2) is 46.7 Å². The summed E-state index contributed by atoms with van der Waals surface area (Å²) in [6, 6.07) is 9.02. The molecular weight excluding hydrogens is 356 g/mol. The van der Waals surface area contributed by atoms with Gasteiger partial charge in [0.25, 0.3) is 0 Å². The maximum absolute atomic E-state index is 13.0. The maximum Gasteiger partial charge on any atom is 0.408 e. The smallest absolute Gasteiger partial charge is 0.408 e. The second-order valence-electron chi connectivity index (χ2n) is 8.89. The molecule has 1 saturated heterocycles. The van der Waals surface area contributed by atoms with Gasteiger partial charge in [-0.25, -0.2) is 4.79 Å². The zero-order valence-electron chi connectivity index (χ0n) is 17.6. The van der Waals surface area contributed by atoms with E-state index in [2.05, 4.69) is 5.32 Å². The van der Waals surface area contributed by atoms with Gasteiger partial charge in [-0.3, -0.25) is 4.79 Å². The van der Waals surface area contributed by atoms with Crippen molar-refractivity contribution in [1.82, 2.24) is 10.2 Å². The van der Waals surface area contributed by atoms with Crippen LogP contribution in [0.2, 0.25) is 0 Å². The number of aliphatic hydroxyl groups excluding tert-OH is 1. The van der Waals surface area contributed by atoms with E-state index >= 15 is 0 Å². The van der Waals surface area contributed by atoms with Crippen LogP contribution in [0.1, 0.15) is 59.1 Å². The molecule has 1 aromatic carbocycles. The maximum atomic E-state index is 13.0. The Morgan fingerprint density at radius 3 is 2.21 bits per heavy atom. The molecule has 1 fully saturated rings. The van der Waals surface area contributed by atoms with Crippen molar-refractivity contribution in [2.75, 3.05) is 13.1 Å². The molecule has 1 aliphatic rings. The van der Waals surface area contributed by atoms with Gasteiger partial charge in [-0.1, -0.05) is 44.2 Å². The van der Waals surface area contributed by atoms with Crippen molar-refractivity contribution >= 4 is 12.0 Å². The van der Waals surface area contributed by atoms with Crippen molar-refractivity contribution in [1.29, 1.82) is 0 Å². The van der Waals surface area contributed by atoms with Crippen LogP contribution in [0.25, 0.3) is 0 Å². The molecule has 6 nitrogen and oxygen atoms in total. The summed E-state index contributed by atoms with van der Waals surface area (Å²) in [5.74, 6) is -0.0103. The van der Waals surface area contributed by atoms with Crippen LogP contribution in [0.4, 0.5) is 4.79 Å². The minimum Gasteiger partial charge on any atom is -0.444 e. The Morgan fingerprint density at radius 1 is 1.14 bits per heavy atom. The van der Waals surface area contributed by atoms with Gasteiger partial charge in [-0.05, 0) is 51.0 Å². The number of piperidine rings is 1. The minimum atomic E-state index is -0.620. The number of benzene rings is 1. The Kier molecular flexibility index (Phi) is 7.47. The molecular formula is C22H34N2O4. The molecule has 0 spiro atoms. The third-order valence-electron chi connectivity index (χ3n) is 5.04. The first-order valence-electron chi connectivity index (χ1n) is 10.1. The van der Waals surface area contributed by atoms with Crippen LogP contribution in [-0.2, 0) is 9.53 Å². The summed E-state index contributed by atoms with van der Waals surface area (Å²) in [4.78, 5) is 26.9. The highest BCUT2D eigenvalue weighted by Gasteiger charge is 2.34. The van der Waals surface area contributed by atoms with Crippen molar-refractivity contribution in [2.45, 2.75) is 65.2 Å². The monoisotopic (exact) mass is 390 g/mol. The zero-order chi connectivity index (χ0) is 20.9. The average Bonchev–Trinajstić information content (AvgIpc) is 2.64. The van der Waals surface area contributed by atoms with Gasteiger partial charge in [0, 0.05) is 13.1 Å². The molecule has 2 unspecified atom stereocenters. The lowest BCUT2D eigenvalue weighted by molar-refractivity contribution is -0.136. The summed E-state index contributed by atoms with van der Waals surface area (Å²) >= 11 is 0. The summed E-state index contributed by atoms with van der Waals surface area (Å²) in [5.41, 5.74) is 0.305. The first kappa shape index (κ1) is 22.2. The van der Waals surface area contributed by atoms with Crippen LogP contribution in [0.15, 0.2) is 30.3 Å². The number of amides is 2. The highest BCUT2D eigenvalue weighted by molar-refractivity contribution is 5.86. The Morgan fingerprint density at radius 2 is 1.71 bits per heavy atom. The lowest BCUT2D eigenvalue weighted by atomic mass is 9.87. The van der Waals surface area contributed by atoms with Crippen LogP contribution in [0.5, 0.6) is 0 Å². The van der Waals surface area contributed by atoms with E-state index < -0.39 is 23.8 Å². The van der Waals surface area contributed by atoms with Crippen molar-refractivity contribution < 1.29 is 19.4 Å². The first-order valence-corrected chi connectivity index (χ1v) is 10.1. The second-order valence-corrected chi connectivity index (χ2v) is 8.89. The molecule has 2 atom stereocenters. The van der Waals surface area contributed by atoms with Gasteiger partial charge in [-0.2, -0.15) is 0 Å². The van der Waals surface area contributed by atoms with Crippen LogP contribution < -0.4 is 5.32 Å². The van der Waals surface area contributed by atoms with Gasteiger partial charge in [0.2, 0.25) is 5.91 Å². The molecule has 1 heterocycles. The molecule has 156 valence electrons. The summed E-state index contributed by atoms with van der Waals surface area (Å²) in [6.45, 7) is 10.3. The van der Waals surface area contributed by atoms with E-state index in [-0.39, 0.29) is 17.7 Å². The van der Waals surface area contributed by atoms with Gasteiger partial charge < -0.3 is 20.1 Å². The predicted molar refractivity (Wildman–Crippen MR) is 109 cm³/mol. The number of carbonyl (C=O) groups is 2. The van der Waals surface area contributed by atoms with E-state index in [1.165, 1.54) is 0 Å². The third kappa shape index (κ3) is 6.23. The summed E-state index contributed by atoms with van der Waals surface area (Å²) in [5, 5.41) is 13.3. The lowest BCUT2D eigenvalue weighted by Crippen LogP contribution is -2.53. The molecule has 0 radical (unpaired) electrons. The largest absolute Gasteiger partial charge is 0.444 e. The van der Waals surface area contributed by atoms with Gasteiger partial charge in [-0.15, -0.1) is 0 Å². The van der Waals surface area contributed by atoms with E-state index in [1.54, 1.807) is 25.7 Å². The molecule has 6 heteroatoms. The Balaban J connectivity index is 1.93. The number of carbonyl (C=O) groups excluding carboxylic acids is 2. The predicted octanol–water partition coefficient (Wildman–Crippen LogP) is 3.51. The summed E-state index contributed by atoms with van der Waals surface area (Å²) in [6.07, 6.45) is 0.381. The fourth-order valence-electron chi connectivity index (χ4n) is 3.50. The highest BCUT2D eigenvalue weighted by atomic mass is 16.6. The molecule has 0 aromatic heterocycles. The van der Waals surface area contributed by atoms with Crippen molar-refractivity contribution in [3.63, 3.8) is 0 Å². The molecule has 2 N–H and O–H groups in total. The molecule has 0 bridgehead atoms. The van der Waals surface area contributed by atoms with E-state index in [0.717, 1.165) is 18.4 Å². The van der Waals surface area contributed by atoms with Gasteiger partial charge in [0.15, 0.2) is 0 Å². The Hall–Kier alpha value is -2.08. The fourth-order valence-corrected chi connectivity index (χ4v) is 3.50. The number of ether oxygens (including phenoxy) is 1. The third-order valence-corrected chi connectivity index (χ3v) is 5.04. The highest BCUT2D eigenvalue weighted by Crippen LogP contribution is 2.31. The van der Waals surface area contributed by atoms with Crippen molar-refractivity contribution in [3.8, 4) is 0 Å². The number of nitrogens with one attached hydrogen (secondary N) is 1. The number of hydrogen-bond donors (Lipinski definition) is 2. The first-order chi connectivity index (χ1) is 13.1.